The molecule has 1 heterocycles. The summed E-state index contributed by atoms with van der Waals surface area (Å²) in [5, 5.41) is 3.95. The molecular weight excluding hydrogens is 563 g/mol. The molecule has 1 aliphatic rings. The van der Waals surface area contributed by atoms with Crippen LogP contribution in [-0.4, -0.2) is 11.6 Å². The first-order chi connectivity index (χ1) is 20.2. The van der Waals surface area contributed by atoms with E-state index in [1.54, 1.807) is 24.3 Å². The molecule has 206 valence electrons. The van der Waals surface area contributed by atoms with Crippen LogP contribution >= 0.6 is 22.7 Å². The van der Waals surface area contributed by atoms with Crippen LogP contribution < -0.4 is 25.0 Å². The number of hydrogen-bond acceptors (Lipinski definition) is 3. The molecule has 2 atom stereocenters. The highest BCUT2D eigenvalue weighted by Crippen LogP contribution is 2.74. The maximum absolute atomic E-state index is 15.0. The number of hydrogen-bond donors (Lipinski definition) is 0. The van der Waals surface area contributed by atoms with Gasteiger partial charge >= 0.3 is 7.75 Å². The van der Waals surface area contributed by atoms with E-state index in [1.165, 1.54) is 10.6 Å². The van der Waals surface area contributed by atoms with Crippen molar-refractivity contribution < 1.29 is 13.6 Å². The fourth-order valence-electron chi connectivity index (χ4n) is 5.49. The highest BCUT2D eigenvalue weighted by molar-refractivity contribution is 7.92. The van der Waals surface area contributed by atoms with Crippen LogP contribution in [0, 0.1) is 0 Å². The zero-order valence-electron chi connectivity index (χ0n) is 22.6. The van der Waals surface area contributed by atoms with Crippen LogP contribution in [0.25, 0.3) is 0 Å². The summed E-state index contributed by atoms with van der Waals surface area (Å²) < 4.78 is 32.9. The number of rotatable bonds is 9. The first-order valence-corrected chi connectivity index (χ1v) is 18.7. The van der Waals surface area contributed by atoms with Crippen LogP contribution in [0.3, 0.4) is 0 Å². The third-order valence-corrected chi connectivity index (χ3v) is 18.1. The molecule has 0 radical (unpaired) electrons. The van der Waals surface area contributed by atoms with Crippen molar-refractivity contribution in [1.29, 1.82) is 0 Å². The highest BCUT2D eigenvalue weighted by Gasteiger charge is 2.46. The molecule has 0 N–H and O–H groups in total. The van der Waals surface area contributed by atoms with Crippen LogP contribution in [0.4, 0.5) is 0 Å². The number of nitrogens with zero attached hydrogens (tertiary/aromatic N) is 1. The second-order valence-corrected chi connectivity index (χ2v) is 18.0. The normalized spacial score (nSPS) is 18.6. The van der Waals surface area contributed by atoms with Gasteiger partial charge in [0, 0.05) is 12.5 Å². The van der Waals surface area contributed by atoms with E-state index in [0.717, 1.165) is 24.3 Å². The predicted molar refractivity (Wildman–Crippen MR) is 174 cm³/mol. The minimum atomic E-state index is -4.02. The Kier molecular flexibility index (Phi) is 8.54. The van der Waals surface area contributed by atoms with E-state index in [4.69, 9.17) is 13.6 Å². The average Bonchev–Trinajstić information content (AvgIpc) is 3.43. The third-order valence-electron chi connectivity index (χ3n) is 7.22. The number of para-hydroxylation sites is 2. The molecule has 0 aromatic heterocycles. The number of benzene rings is 5. The molecule has 0 saturated carbocycles. The SMILES string of the molecule is O=P(N=P1(c2ccccc2)CCCC1P(c1ccccc1)c1ccccc1)(Oc1ccccc1)Oc1ccccc1. The maximum Gasteiger partial charge on any atom is 0.562 e. The van der Waals surface area contributed by atoms with Crippen molar-refractivity contribution in [1.82, 2.24) is 0 Å². The predicted octanol–water partition coefficient (Wildman–Crippen LogP) is 9.03. The van der Waals surface area contributed by atoms with Gasteiger partial charge in [0.15, 0.2) is 0 Å². The van der Waals surface area contributed by atoms with Crippen LogP contribution in [0.15, 0.2) is 156 Å². The summed E-state index contributed by atoms with van der Waals surface area (Å²) in [4.78, 5) is 0. The van der Waals surface area contributed by atoms with Crippen LogP contribution in [0.5, 0.6) is 11.5 Å². The van der Waals surface area contributed by atoms with E-state index < -0.39 is 22.7 Å². The van der Waals surface area contributed by atoms with Gasteiger partial charge in [0.05, 0.1) is 0 Å². The summed E-state index contributed by atoms with van der Waals surface area (Å²) in [5.41, 5.74) is 0. The Morgan fingerprint density at radius 3 is 1.49 bits per heavy atom. The Bertz CT molecular complexity index is 1570. The second kappa shape index (κ2) is 12.6. The molecule has 0 aliphatic carbocycles. The molecule has 1 saturated heterocycles. The van der Waals surface area contributed by atoms with E-state index in [-0.39, 0.29) is 5.40 Å². The fourth-order valence-corrected chi connectivity index (χ4v) is 18.2. The van der Waals surface area contributed by atoms with Crippen molar-refractivity contribution in [2.24, 2.45) is 4.52 Å². The van der Waals surface area contributed by atoms with Crippen molar-refractivity contribution in [3.05, 3.63) is 152 Å². The standard InChI is InChI=1S/C34H32NO3P3/c36-41(37-29-17-6-1-7-18-29,38-30-19-8-2-9-20-30)35-40(33-25-14-5-15-26-33)28-16-27-34(40)39(31-21-10-3-11-22-31)32-23-12-4-13-24-32/h1-15,17-26,34H,16,27-28H2. The third kappa shape index (κ3) is 6.27. The lowest BCUT2D eigenvalue weighted by atomic mass is 10.3. The van der Waals surface area contributed by atoms with Gasteiger partial charge in [-0.15, -0.1) is 0 Å². The summed E-state index contributed by atoms with van der Waals surface area (Å²) in [6, 6.07) is 50.5. The van der Waals surface area contributed by atoms with E-state index in [2.05, 4.69) is 84.9 Å². The van der Waals surface area contributed by atoms with Crippen LogP contribution in [-0.2, 0) is 4.57 Å². The quantitative estimate of drug-likeness (QED) is 0.160. The van der Waals surface area contributed by atoms with Gasteiger partial charge in [-0.05, 0) is 67.1 Å². The van der Waals surface area contributed by atoms with E-state index >= 15 is 0 Å². The summed E-state index contributed by atoms with van der Waals surface area (Å²) in [6.07, 6.45) is 2.87. The van der Waals surface area contributed by atoms with Gasteiger partial charge in [-0.1, -0.05) is 127 Å². The lowest BCUT2D eigenvalue weighted by molar-refractivity contribution is 0.388. The Morgan fingerprint density at radius 1 is 0.610 bits per heavy atom. The molecule has 0 amide bonds. The second-order valence-electron chi connectivity index (χ2n) is 9.92. The van der Waals surface area contributed by atoms with Crippen molar-refractivity contribution >= 4 is 38.6 Å². The average molecular weight is 596 g/mol. The van der Waals surface area contributed by atoms with Crippen molar-refractivity contribution in [3.8, 4) is 11.5 Å². The largest absolute Gasteiger partial charge is 0.562 e. The smallest absolute Gasteiger partial charge is 0.399 e. The van der Waals surface area contributed by atoms with Gasteiger partial charge in [0.25, 0.3) is 0 Å². The minimum absolute atomic E-state index is 0.191. The lowest BCUT2D eigenvalue weighted by Crippen LogP contribution is -2.23. The molecule has 0 spiro atoms. The van der Waals surface area contributed by atoms with Crippen molar-refractivity contribution in [2.45, 2.75) is 18.2 Å². The zero-order chi connectivity index (χ0) is 28.0. The Balaban J connectivity index is 1.57. The molecule has 5 aromatic rings. The van der Waals surface area contributed by atoms with E-state index in [1.807, 2.05) is 42.5 Å². The van der Waals surface area contributed by atoms with Crippen LogP contribution in [0.2, 0.25) is 0 Å². The van der Waals surface area contributed by atoms with Gasteiger partial charge in [-0.25, -0.2) is 4.57 Å². The molecule has 1 aliphatic heterocycles. The Labute approximate surface area is 243 Å². The topological polar surface area (TPSA) is 47.9 Å². The minimum Gasteiger partial charge on any atom is -0.399 e. The van der Waals surface area contributed by atoms with Gasteiger partial charge in [0.2, 0.25) is 0 Å². The fraction of sp³-hybridized carbons (Fsp3) is 0.118. The van der Waals surface area contributed by atoms with Crippen molar-refractivity contribution in [3.63, 3.8) is 0 Å². The summed E-state index contributed by atoms with van der Waals surface area (Å²) in [5.74, 6) is 0.955. The summed E-state index contributed by atoms with van der Waals surface area (Å²) in [7, 11) is -7.28. The molecule has 0 bridgehead atoms. The molecule has 7 heteroatoms. The van der Waals surface area contributed by atoms with Gasteiger partial charge in [-0.2, -0.15) is 4.52 Å². The summed E-state index contributed by atoms with van der Waals surface area (Å²) in [6.45, 7) is 0. The zero-order valence-corrected chi connectivity index (χ0v) is 25.3. The first kappa shape index (κ1) is 27.7. The molecular formula is C34H32NO3P3. The molecule has 4 nitrogen and oxygen atoms in total. The van der Waals surface area contributed by atoms with Crippen molar-refractivity contribution in [2.75, 3.05) is 6.16 Å². The van der Waals surface area contributed by atoms with Crippen LogP contribution in [0.1, 0.15) is 12.8 Å². The molecule has 6 rings (SSSR count). The molecule has 1 fully saturated rings. The van der Waals surface area contributed by atoms with E-state index in [0.29, 0.717) is 11.5 Å². The molecule has 41 heavy (non-hydrogen) atoms. The summed E-state index contributed by atoms with van der Waals surface area (Å²) >= 11 is 0. The van der Waals surface area contributed by atoms with Gasteiger partial charge in [0.1, 0.15) is 11.5 Å². The Morgan fingerprint density at radius 2 is 1.02 bits per heavy atom. The lowest BCUT2D eigenvalue weighted by Gasteiger charge is -2.35. The maximum atomic E-state index is 15.0. The highest BCUT2D eigenvalue weighted by atomic mass is 31.2. The monoisotopic (exact) mass is 595 g/mol. The van der Waals surface area contributed by atoms with Gasteiger partial charge in [-0.3, -0.25) is 0 Å². The first-order valence-electron chi connectivity index (χ1n) is 13.8. The molecule has 2 unspecified atom stereocenters. The van der Waals surface area contributed by atoms with E-state index in [9.17, 15) is 4.57 Å². The molecule has 5 aromatic carbocycles. The Hall–Kier alpha value is -3.41. The van der Waals surface area contributed by atoms with Gasteiger partial charge < -0.3 is 9.05 Å².